The molecule has 0 bridgehead atoms. The van der Waals surface area contributed by atoms with Crippen molar-refractivity contribution in [1.29, 1.82) is 0 Å². The molecule has 5 nitrogen and oxygen atoms in total. The molecule has 0 radical (unpaired) electrons. The molecule has 0 fully saturated rings. The quantitative estimate of drug-likeness (QED) is 0.891. The number of rotatable bonds is 5. The van der Waals surface area contributed by atoms with Crippen LogP contribution in [0.15, 0.2) is 24.4 Å². The highest BCUT2D eigenvalue weighted by atomic mass is 16.5. The van der Waals surface area contributed by atoms with Crippen LogP contribution in [0, 0.1) is 0 Å². The van der Waals surface area contributed by atoms with E-state index < -0.39 is 0 Å². The standard InChI is InChI=1S/C14H18N4O/c1-4-10-6-5-7-16-13(10)14-17-11(9-19-3)8-12(15-2)18-14/h5-8H,4,9H2,1-3H3,(H,15,17,18). The first kappa shape index (κ1) is 13.4. The third kappa shape index (κ3) is 3.06. The maximum absolute atomic E-state index is 5.14. The van der Waals surface area contributed by atoms with E-state index in [2.05, 4.69) is 27.2 Å². The fourth-order valence-corrected chi connectivity index (χ4v) is 1.88. The van der Waals surface area contributed by atoms with Crippen molar-refractivity contribution < 1.29 is 4.74 Å². The summed E-state index contributed by atoms with van der Waals surface area (Å²) in [5, 5.41) is 3.04. The van der Waals surface area contributed by atoms with Crippen LogP contribution in [0.4, 0.5) is 5.82 Å². The Bertz CT molecular complexity index is 557. The molecule has 2 rings (SSSR count). The van der Waals surface area contributed by atoms with Gasteiger partial charge >= 0.3 is 0 Å². The van der Waals surface area contributed by atoms with E-state index in [0.29, 0.717) is 12.4 Å². The lowest BCUT2D eigenvalue weighted by Gasteiger charge is -2.09. The summed E-state index contributed by atoms with van der Waals surface area (Å²) in [5.74, 6) is 1.40. The van der Waals surface area contributed by atoms with Gasteiger partial charge in [0.1, 0.15) is 11.5 Å². The van der Waals surface area contributed by atoms with E-state index >= 15 is 0 Å². The Balaban J connectivity index is 2.51. The molecule has 0 aliphatic carbocycles. The second-order valence-electron chi connectivity index (χ2n) is 4.12. The number of hydrogen-bond acceptors (Lipinski definition) is 5. The average molecular weight is 258 g/mol. The number of ether oxygens (including phenoxy) is 1. The lowest BCUT2D eigenvalue weighted by molar-refractivity contribution is 0.181. The average Bonchev–Trinajstić information content (AvgIpc) is 2.47. The summed E-state index contributed by atoms with van der Waals surface area (Å²) >= 11 is 0. The Morgan fingerprint density at radius 2 is 2.16 bits per heavy atom. The number of aromatic nitrogens is 3. The zero-order valence-electron chi connectivity index (χ0n) is 11.5. The Morgan fingerprint density at radius 1 is 1.32 bits per heavy atom. The van der Waals surface area contributed by atoms with E-state index in [1.54, 1.807) is 13.3 Å². The van der Waals surface area contributed by atoms with Gasteiger partial charge in [-0.3, -0.25) is 4.98 Å². The largest absolute Gasteiger partial charge is 0.378 e. The van der Waals surface area contributed by atoms with E-state index in [4.69, 9.17) is 4.74 Å². The number of nitrogens with one attached hydrogen (secondary N) is 1. The Morgan fingerprint density at radius 3 is 2.84 bits per heavy atom. The molecule has 2 heterocycles. The third-order valence-electron chi connectivity index (χ3n) is 2.81. The minimum absolute atomic E-state index is 0.457. The number of nitrogens with zero attached hydrogens (tertiary/aromatic N) is 3. The van der Waals surface area contributed by atoms with Crippen molar-refractivity contribution >= 4 is 5.82 Å². The first-order valence-electron chi connectivity index (χ1n) is 6.27. The summed E-state index contributed by atoms with van der Waals surface area (Å²) in [6, 6.07) is 5.86. The van der Waals surface area contributed by atoms with Gasteiger partial charge in [-0.05, 0) is 18.1 Å². The zero-order chi connectivity index (χ0) is 13.7. The predicted molar refractivity (Wildman–Crippen MR) is 74.9 cm³/mol. The normalized spacial score (nSPS) is 10.5. The number of pyridine rings is 1. The lowest BCUT2D eigenvalue weighted by Crippen LogP contribution is -2.04. The number of methoxy groups -OCH3 is 1. The van der Waals surface area contributed by atoms with Crippen LogP contribution in [0.25, 0.3) is 11.5 Å². The number of anilines is 1. The van der Waals surface area contributed by atoms with Gasteiger partial charge in [0.05, 0.1) is 12.3 Å². The summed E-state index contributed by atoms with van der Waals surface area (Å²) in [4.78, 5) is 13.4. The van der Waals surface area contributed by atoms with Crippen LogP contribution in [0.3, 0.4) is 0 Å². The van der Waals surface area contributed by atoms with E-state index in [-0.39, 0.29) is 0 Å². The van der Waals surface area contributed by atoms with Crippen molar-refractivity contribution in [1.82, 2.24) is 15.0 Å². The van der Waals surface area contributed by atoms with Crippen molar-refractivity contribution in [2.24, 2.45) is 0 Å². The monoisotopic (exact) mass is 258 g/mol. The van der Waals surface area contributed by atoms with Crippen molar-refractivity contribution in [3.05, 3.63) is 35.7 Å². The highest BCUT2D eigenvalue weighted by Crippen LogP contribution is 2.20. The molecule has 19 heavy (non-hydrogen) atoms. The molecule has 100 valence electrons. The summed E-state index contributed by atoms with van der Waals surface area (Å²) in [5.41, 5.74) is 2.81. The zero-order valence-corrected chi connectivity index (χ0v) is 11.5. The summed E-state index contributed by atoms with van der Waals surface area (Å²) < 4.78 is 5.14. The molecule has 0 atom stereocenters. The Hall–Kier alpha value is -2.01. The molecule has 1 N–H and O–H groups in total. The molecule has 0 spiro atoms. The molecule has 2 aromatic rings. The van der Waals surface area contributed by atoms with Crippen LogP contribution in [-0.4, -0.2) is 29.1 Å². The smallest absolute Gasteiger partial charge is 0.180 e. The minimum atomic E-state index is 0.457. The predicted octanol–water partition coefficient (Wildman–Crippen LogP) is 2.29. The van der Waals surface area contributed by atoms with Crippen LogP contribution in [0.2, 0.25) is 0 Å². The van der Waals surface area contributed by atoms with Crippen LogP contribution in [-0.2, 0) is 17.8 Å². The summed E-state index contributed by atoms with van der Waals surface area (Å²) in [7, 11) is 3.49. The van der Waals surface area contributed by atoms with Gasteiger partial charge in [-0.25, -0.2) is 9.97 Å². The van der Waals surface area contributed by atoms with E-state index in [1.807, 2.05) is 25.2 Å². The molecule has 5 heteroatoms. The number of hydrogen-bond donors (Lipinski definition) is 1. The van der Waals surface area contributed by atoms with Crippen LogP contribution >= 0.6 is 0 Å². The second kappa shape index (κ2) is 6.24. The molecule has 0 amide bonds. The van der Waals surface area contributed by atoms with Crippen molar-refractivity contribution in [2.75, 3.05) is 19.5 Å². The summed E-state index contributed by atoms with van der Waals surface area (Å²) in [6.07, 6.45) is 2.66. The van der Waals surface area contributed by atoms with E-state index in [9.17, 15) is 0 Å². The third-order valence-corrected chi connectivity index (χ3v) is 2.81. The van der Waals surface area contributed by atoms with Gasteiger partial charge in [-0.15, -0.1) is 0 Å². The van der Waals surface area contributed by atoms with Crippen LogP contribution in [0.5, 0.6) is 0 Å². The van der Waals surface area contributed by atoms with Crippen LogP contribution < -0.4 is 5.32 Å². The first-order chi connectivity index (χ1) is 9.28. The molecule has 0 aliphatic heterocycles. The first-order valence-corrected chi connectivity index (χ1v) is 6.27. The van der Waals surface area contributed by atoms with Gasteiger partial charge in [0.2, 0.25) is 0 Å². The van der Waals surface area contributed by atoms with E-state index in [1.165, 1.54) is 0 Å². The molecule has 2 aromatic heterocycles. The molecule has 0 aromatic carbocycles. The highest BCUT2D eigenvalue weighted by Gasteiger charge is 2.10. The molecular weight excluding hydrogens is 240 g/mol. The maximum Gasteiger partial charge on any atom is 0.180 e. The van der Waals surface area contributed by atoms with Gasteiger partial charge in [0, 0.05) is 26.4 Å². The SMILES string of the molecule is CCc1cccnc1-c1nc(COC)cc(NC)n1. The van der Waals surface area contributed by atoms with Gasteiger partial charge in [0.15, 0.2) is 5.82 Å². The van der Waals surface area contributed by atoms with Crippen molar-refractivity contribution in [3.63, 3.8) is 0 Å². The molecular formula is C14H18N4O. The fourth-order valence-electron chi connectivity index (χ4n) is 1.88. The fraction of sp³-hybridized carbons (Fsp3) is 0.357. The van der Waals surface area contributed by atoms with Gasteiger partial charge < -0.3 is 10.1 Å². The molecule has 0 unspecified atom stereocenters. The van der Waals surface area contributed by atoms with E-state index in [0.717, 1.165) is 29.2 Å². The lowest BCUT2D eigenvalue weighted by atomic mass is 10.1. The molecule has 0 saturated heterocycles. The van der Waals surface area contributed by atoms with Crippen molar-refractivity contribution in [3.8, 4) is 11.5 Å². The van der Waals surface area contributed by atoms with Gasteiger partial charge in [0.25, 0.3) is 0 Å². The van der Waals surface area contributed by atoms with Gasteiger partial charge in [-0.2, -0.15) is 0 Å². The topological polar surface area (TPSA) is 59.9 Å². The number of aryl methyl sites for hydroxylation is 1. The minimum Gasteiger partial charge on any atom is -0.378 e. The van der Waals surface area contributed by atoms with Crippen molar-refractivity contribution in [2.45, 2.75) is 20.0 Å². The second-order valence-corrected chi connectivity index (χ2v) is 4.12. The maximum atomic E-state index is 5.14. The molecule has 0 aliphatic rings. The summed E-state index contributed by atoms with van der Waals surface area (Å²) in [6.45, 7) is 2.55. The Labute approximate surface area is 113 Å². The Kier molecular flexibility index (Phi) is 4.41. The highest BCUT2D eigenvalue weighted by molar-refractivity contribution is 5.57. The van der Waals surface area contributed by atoms with Gasteiger partial charge in [-0.1, -0.05) is 13.0 Å². The molecule has 0 saturated carbocycles. The van der Waals surface area contributed by atoms with Crippen LogP contribution in [0.1, 0.15) is 18.2 Å².